The highest BCUT2D eigenvalue weighted by Crippen LogP contribution is 2.00. The van der Waals surface area contributed by atoms with E-state index in [0.717, 1.165) is 58.8 Å². The van der Waals surface area contributed by atoms with Crippen LogP contribution in [0.3, 0.4) is 0 Å². The Morgan fingerprint density at radius 1 is 1.25 bits per heavy atom. The highest BCUT2D eigenvalue weighted by molar-refractivity contribution is 5.85. The molecule has 0 aromatic carbocycles. The second-order valence-electron chi connectivity index (χ2n) is 4.91. The van der Waals surface area contributed by atoms with Crippen LogP contribution in [0.25, 0.3) is 0 Å². The first kappa shape index (κ1) is 22.2. The van der Waals surface area contributed by atoms with Crippen molar-refractivity contribution in [3.63, 3.8) is 0 Å². The van der Waals surface area contributed by atoms with E-state index < -0.39 is 0 Å². The fraction of sp³-hybridized carbons (Fsp3) is 0.923. The zero-order chi connectivity index (χ0) is 13.2. The predicted octanol–water partition coefficient (Wildman–Crippen LogP) is 0.914. The van der Waals surface area contributed by atoms with Gasteiger partial charge in [-0.3, -0.25) is 9.69 Å². The Kier molecular flexibility index (Phi) is 15.4. The molecule has 0 aromatic heterocycles. The Hall–Kier alpha value is -0.0700. The molecule has 5 nitrogen and oxygen atoms in total. The molecule has 1 amide bonds. The number of hydrogen-bond acceptors (Lipinski definition) is 4. The van der Waals surface area contributed by atoms with Gasteiger partial charge in [0.25, 0.3) is 0 Å². The lowest BCUT2D eigenvalue weighted by molar-refractivity contribution is -0.124. The zero-order valence-electron chi connectivity index (χ0n) is 12.5. The largest absolute Gasteiger partial charge is 0.379 e. The van der Waals surface area contributed by atoms with Gasteiger partial charge in [0.2, 0.25) is 5.91 Å². The number of halogens is 2. The van der Waals surface area contributed by atoms with Crippen molar-refractivity contribution in [2.45, 2.75) is 19.8 Å². The molecule has 0 aliphatic carbocycles. The summed E-state index contributed by atoms with van der Waals surface area (Å²) in [6.07, 6.45) is 2.19. The third-order valence-electron chi connectivity index (χ3n) is 3.26. The summed E-state index contributed by atoms with van der Waals surface area (Å²) in [6.45, 7) is 8.40. The summed E-state index contributed by atoms with van der Waals surface area (Å²) in [7, 11) is 1.87. The topological polar surface area (TPSA) is 53.6 Å². The van der Waals surface area contributed by atoms with E-state index in [0.29, 0.717) is 0 Å². The number of carbonyl (C=O) groups excluding carboxylic acids is 1. The van der Waals surface area contributed by atoms with Gasteiger partial charge in [0.05, 0.1) is 13.2 Å². The monoisotopic (exact) mass is 329 g/mol. The Labute approximate surface area is 135 Å². The van der Waals surface area contributed by atoms with Gasteiger partial charge in [-0.05, 0) is 26.4 Å². The standard InChI is InChI=1S/C13H27N3O2.2ClH/c1-12(11-14-2)13(17)15-5-3-4-6-16-7-9-18-10-8-16;;/h12,14H,3-11H2,1-2H3,(H,15,17);2*1H. The first-order chi connectivity index (χ1) is 8.74. The van der Waals surface area contributed by atoms with Gasteiger partial charge in [-0.2, -0.15) is 0 Å². The number of hydrogen-bond donors (Lipinski definition) is 2. The number of nitrogens with zero attached hydrogens (tertiary/aromatic N) is 1. The molecular weight excluding hydrogens is 301 g/mol. The summed E-state index contributed by atoms with van der Waals surface area (Å²) >= 11 is 0. The summed E-state index contributed by atoms with van der Waals surface area (Å²) in [5.41, 5.74) is 0. The molecule has 0 spiro atoms. The van der Waals surface area contributed by atoms with Crippen molar-refractivity contribution in [3.05, 3.63) is 0 Å². The van der Waals surface area contributed by atoms with E-state index in [1.807, 2.05) is 14.0 Å². The number of ether oxygens (including phenoxy) is 1. The van der Waals surface area contributed by atoms with Crippen molar-refractivity contribution in [2.75, 3.05) is 53.0 Å². The first-order valence-electron chi connectivity index (χ1n) is 6.96. The molecule has 0 saturated carbocycles. The summed E-state index contributed by atoms with van der Waals surface area (Å²) in [5.74, 6) is 0.199. The number of amides is 1. The van der Waals surface area contributed by atoms with Crippen LogP contribution in [0.5, 0.6) is 0 Å². The van der Waals surface area contributed by atoms with Crippen LogP contribution < -0.4 is 10.6 Å². The maximum Gasteiger partial charge on any atom is 0.224 e. The van der Waals surface area contributed by atoms with Crippen molar-refractivity contribution >= 4 is 30.7 Å². The Morgan fingerprint density at radius 3 is 2.50 bits per heavy atom. The van der Waals surface area contributed by atoms with Crippen molar-refractivity contribution in [1.29, 1.82) is 0 Å². The molecule has 1 unspecified atom stereocenters. The van der Waals surface area contributed by atoms with Crippen molar-refractivity contribution < 1.29 is 9.53 Å². The maximum absolute atomic E-state index is 11.6. The maximum atomic E-state index is 11.6. The molecule has 1 saturated heterocycles. The van der Waals surface area contributed by atoms with Crippen LogP contribution in [0.4, 0.5) is 0 Å². The molecule has 2 N–H and O–H groups in total. The lowest BCUT2D eigenvalue weighted by atomic mass is 10.1. The van der Waals surface area contributed by atoms with Crippen LogP contribution in [0.2, 0.25) is 0 Å². The van der Waals surface area contributed by atoms with E-state index in [2.05, 4.69) is 15.5 Å². The van der Waals surface area contributed by atoms with Crippen LogP contribution in [-0.4, -0.2) is 63.8 Å². The quantitative estimate of drug-likeness (QED) is 0.650. The number of nitrogens with one attached hydrogen (secondary N) is 2. The second kappa shape index (κ2) is 13.9. The summed E-state index contributed by atoms with van der Waals surface area (Å²) in [6, 6.07) is 0. The third kappa shape index (κ3) is 9.77. The molecular formula is C13H29Cl2N3O2. The molecule has 1 atom stereocenters. The minimum absolute atomic E-state index is 0. The summed E-state index contributed by atoms with van der Waals surface area (Å²) in [4.78, 5) is 14.0. The normalized spacial score (nSPS) is 16.7. The van der Waals surface area contributed by atoms with E-state index in [1.165, 1.54) is 0 Å². The van der Waals surface area contributed by atoms with Gasteiger partial charge >= 0.3 is 0 Å². The van der Waals surface area contributed by atoms with Gasteiger partial charge < -0.3 is 15.4 Å². The number of morpholine rings is 1. The number of unbranched alkanes of at least 4 members (excludes halogenated alkanes) is 1. The molecule has 1 fully saturated rings. The van der Waals surface area contributed by atoms with Crippen LogP contribution in [-0.2, 0) is 9.53 Å². The highest BCUT2D eigenvalue weighted by atomic mass is 35.5. The fourth-order valence-corrected chi connectivity index (χ4v) is 2.07. The van der Waals surface area contributed by atoms with Crippen LogP contribution in [0, 0.1) is 5.92 Å². The van der Waals surface area contributed by atoms with Crippen molar-refractivity contribution in [3.8, 4) is 0 Å². The van der Waals surface area contributed by atoms with E-state index >= 15 is 0 Å². The van der Waals surface area contributed by atoms with Crippen LogP contribution in [0.1, 0.15) is 19.8 Å². The van der Waals surface area contributed by atoms with Gasteiger partial charge in [-0.25, -0.2) is 0 Å². The van der Waals surface area contributed by atoms with Gasteiger partial charge in [-0.1, -0.05) is 6.92 Å². The van der Waals surface area contributed by atoms with Crippen LogP contribution in [0.15, 0.2) is 0 Å². The predicted molar refractivity (Wildman–Crippen MR) is 87.1 cm³/mol. The zero-order valence-corrected chi connectivity index (χ0v) is 14.2. The highest BCUT2D eigenvalue weighted by Gasteiger charge is 2.11. The SMILES string of the molecule is CNCC(C)C(=O)NCCCCN1CCOCC1.Cl.Cl. The number of carbonyl (C=O) groups is 1. The summed E-state index contributed by atoms with van der Waals surface area (Å²) < 4.78 is 5.30. The third-order valence-corrected chi connectivity index (χ3v) is 3.26. The Morgan fingerprint density at radius 2 is 1.90 bits per heavy atom. The Balaban J connectivity index is 0. The first-order valence-corrected chi connectivity index (χ1v) is 6.96. The molecule has 1 aliphatic heterocycles. The van der Waals surface area contributed by atoms with Gasteiger partial charge in [0.15, 0.2) is 0 Å². The molecule has 1 rings (SSSR count). The molecule has 0 aromatic rings. The van der Waals surface area contributed by atoms with E-state index in [4.69, 9.17) is 4.74 Å². The van der Waals surface area contributed by atoms with Gasteiger partial charge in [0, 0.05) is 32.1 Å². The molecule has 20 heavy (non-hydrogen) atoms. The molecule has 1 heterocycles. The minimum Gasteiger partial charge on any atom is -0.379 e. The lowest BCUT2D eigenvalue weighted by Gasteiger charge is -2.26. The number of rotatable bonds is 8. The molecule has 0 bridgehead atoms. The van der Waals surface area contributed by atoms with Crippen molar-refractivity contribution in [2.24, 2.45) is 5.92 Å². The second-order valence-corrected chi connectivity index (χ2v) is 4.91. The van der Waals surface area contributed by atoms with Crippen LogP contribution >= 0.6 is 24.8 Å². The minimum atomic E-state index is 0. The Bertz CT molecular complexity index is 240. The molecule has 7 heteroatoms. The molecule has 0 radical (unpaired) electrons. The van der Waals surface area contributed by atoms with Gasteiger partial charge in [0.1, 0.15) is 0 Å². The van der Waals surface area contributed by atoms with E-state index in [9.17, 15) is 4.79 Å². The average Bonchev–Trinajstić information content (AvgIpc) is 2.39. The average molecular weight is 330 g/mol. The summed E-state index contributed by atoms with van der Waals surface area (Å²) in [5, 5.41) is 6.00. The van der Waals surface area contributed by atoms with E-state index in [-0.39, 0.29) is 36.6 Å². The molecule has 1 aliphatic rings. The van der Waals surface area contributed by atoms with E-state index in [1.54, 1.807) is 0 Å². The lowest BCUT2D eigenvalue weighted by Crippen LogP contribution is -2.37. The fourth-order valence-electron chi connectivity index (χ4n) is 2.07. The van der Waals surface area contributed by atoms with Gasteiger partial charge in [-0.15, -0.1) is 24.8 Å². The molecule has 122 valence electrons. The smallest absolute Gasteiger partial charge is 0.224 e. The van der Waals surface area contributed by atoms with Crippen molar-refractivity contribution in [1.82, 2.24) is 15.5 Å².